The summed E-state index contributed by atoms with van der Waals surface area (Å²) < 4.78 is 7.79. The van der Waals surface area contributed by atoms with Crippen molar-refractivity contribution in [2.75, 3.05) is 26.2 Å². The molecule has 0 aliphatic carbocycles. The maximum Gasteiger partial charge on any atom is 0.234 e. The number of nitrogens with one attached hydrogen (secondary N) is 1. The number of carbonyl (C=O) groups is 1. The van der Waals surface area contributed by atoms with Crippen LogP contribution in [0.15, 0.2) is 18.3 Å². The van der Waals surface area contributed by atoms with Crippen LogP contribution in [0.5, 0.6) is 0 Å². The van der Waals surface area contributed by atoms with Crippen molar-refractivity contribution >= 4 is 5.91 Å². The van der Waals surface area contributed by atoms with E-state index in [1.165, 1.54) is 5.69 Å². The van der Waals surface area contributed by atoms with E-state index in [-0.39, 0.29) is 12.0 Å². The normalized spacial score (nSPS) is 26.4. The third-order valence-corrected chi connectivity index (χ3v) is 4.37. The molecule has 3 rings (SSSR count). The Bertz CT molecular complexity index is 465. The molecule has 2 unspecified atom stereocenters. The minimum Gasteiger partial charge on any atom is -0.376 e. The van der Waals surface area contributed by atoms with Crippen molar-refractivity contribution in [1.82, 2.24) is 14.8 Å². The van der Waals surface area contributed by atoms with E-state index in [2.05, 4.69) is 40.0 Å². The Balaban J connectivity index is 1.49. The van der Waals surface area contributed by atoms with Gasteiger partial charge in [0.15, 0.2) is 0 Å². The van der Waals surface area contributed by atoms with Crippen molar-refractivity contribution in [2.24, 2.45) is 0 Å². The van der Waals surface area contributed by atoms with Gasteiger partial charge in [0.1, 0.15) is 0 Å². The van der Waals surface area contributed by atoms with E-state index in [0.717, 1.165) is 32.5 Å². The summed E-state index contributed by atoms with van der Waals surface area (Å²) in [5, 5.41) is 3.00. The Kier molecular flexibility index (Phi) is 4.08. The highest BCUT2D eigenvalue weighted by Gasteiger charge is 2.25. The summed E-state index contributed by atoms with van der Waals surface area (Å²) in [7, 11) is 0. The van der Waals surface area contributed by atoms with Crippen LogP contribution in [0.3, 0.4) is 0 Å². The third kappa shape index (κ3) is 2.88. The molecule has 1 aromatic rings. The molecule has 1 N–H and O–H groups in total. The monoisotopic (exact) mass is 277 g/mol. The van der Waals surface area contributed by atoms with Crippen LogP contribution >= 0.6 is 0 Å². The lowest BCUT2D eigenvalue weighted by Gasteiger charge is -2.34. The molecular weight excluding hydrogens is 254 g/mol. The van der Waals surface area contributed by atoms with Gasteiger partial charge in [-0.15, -0.1) is 0 Å². The second-order valence-electron chi connectivity index (χ2n) is 5.71. The Hall–Kier alpha value is -1.33. The molecule has 1 saturated heterocycles. The quantitative estimate of drug-likeness (QED) is 0.898. The molecule has 110 valence electrons. The molecule has 1 amide bonds. The maximum absolute atomic E-state index is 12.0. The molecule has 2 aliphatic heterocycles. The average Bonchev–Trinajstić information content (AvgIpc) is 3.10. The molecule has 0 radical (unpaired) electrons. The SMILES string of the molecule is CC1c2cccn2CCN1CC(=O)NCC1CCCO1. The van der Waals surface area contributed by atoms with Crippen LogP contribution in [0.25, 0.3) is 0 Å². The first-order valence-corrected chi connectivity index (χ1v) is 7.51. The average molecular weight is 277 g/mol. The minimum atomic E-state index is 0.104. The maximum atomic E-state index is 12.0. The number of aromatic nitrogens is 1. The summed E-state index contributed by atoms with van der Waals surface area (Å²) in [6, 6.07) is 4.51. The third-order valence-electron chi connectivity index (χ3n) is 4.37. The summed E-state index contributed by atoms with van der Waals surface area (Å²) >= 11 is 0. The molecule has 2 aliphatic rings. The molecule has 5 heteroatoms. The lowest BCUT2D eigenvalue weighted by molar-refractivity contribution is -0.123. The van der Waals surface area contributed by atoms with Gasteiger partial charge in [-0.2, -0.15) is 0 Å². The first-order chi connectivity index (χ1) is 9.74. The van der Waals surface area contributed by atoms with Crippen LogP contribution in [-0.2, 0) is 16.1 Å². The summed E-state index contributed by atoms with van der Waals surface area (Å²) in [4.78, 5) is 14.3. The van der Waals surface area contributed by atoms with Gasteiger partial charge >= 0.3 is 0 Å². The Morgan fingerprint density at radius 2 is 2.40 bits per heavy atom. The standard InChI is InChI=1S/C15H23N3O2/c1-12-14-5-2-6-17(14)7-8-18(12)11-15(19)16-10-13-4-3-9-20-13/h2,5-6,12-13H,3-4,7-11H2,1H3,(H,16,19). The number of hydrogen-bond donors (Lipinski definition) is 1. The van der Waals surface area contributed by atoms with E-state index < -0.39 is 0 Å². The fourth-order valence-corrected chi connectivity index (χ4v) is 3.12. The summed E-state index contributed by atoms with van der Waals surface area (Å²) in [5.74, 6) is 0.104. The second-order valence-corrected chi connectivity index (χ2v) is 5.71. The minimum absolute atomic E-state index is 0.104. The zero-order valence-electron chi connectivity index (χ0n) is 12.0. The largest absolute Gasteiger partial charge is 0.376 e. The number of ether oxygens (including phenoxy) is 1. The van der Waals surface area contributed by atoms with Crippen molar-refractivity contribution < 1.29 is 9.53 Å². The predicted molar refractivity (Wildman–Crippen MR) is 76.4 cm³/mol. The van der Waals surface area contributed by atoms with Crippen LogP contribution in [0.1, 0.15) is 31.5 Å². The number of nitrogens with zero attached hydrogens (tertiary/aromatic N) is 2. The van der Waals surface area contributed by atoms with Crippen LogP contribution in [-0.4, -0.2) is 47.7 Å². The van der Waals surface area contributed by atoms with Crippen LogP contribution in [0.4, 0.5) is 0 Å². The van der Waals surface area contributed by atoms with Crippen molar-refractivity contribution in [3.05, 3.63) is 24.0 Å². The highest BCUT2D eigenvalue weighted by atomic mass is 16.5. The zero-order chi connectivity index (χ0) is 13.9. The fourth-order valence-electron chi connectivity index (χ4n) is 3.12. The van der Waals surface area contributed by atoms with Crippen molar-refractivity contribution in [2.45, 2.75) is 38.5 Å². The molecule has 0 spiro atoms. The molecule has 20 heavy (non-hydrogen) atoms. The summed E-state index contributed by atoms with van der Waals surface area (Å²) in [6.45, 7) is 6.01. The van der Waals surface area contributed by atoms with E-state index >= 15 is 0 Å². The van der Waals surface area contributed by atoms with Crippen molar-refractivity contribution in [3.8, 4) is 0 Å². The molecule has 0 saturated carbocycles. The topological polar surface area (TPSA) is 46.5 Å². The molecule has 2 atom stereocenters. The summed E-state index contributed by atoms with van der Waals surface area (Å²) in [6.07, 6.45) is 4.50. The van der Waals surface area contributed by atoms with Crippen LogP contribution in [0.2, 0.25) is 0 Å². The van der Waals surface area contributed by atoms with Gasteiger partial charge in [-0.05, 0) is 31.9 Å². The highest BCUT2D eigenvalue weighted by Crippen LogP contribution is 2.24. The molecule has 1 fully saturated rings. The van der Waals surface area contributed by atoms with Gasteiger partial charge < -0.3 is 14.6 Å². The molecular formula is C15H23N3O2. The zero-order valence-corrected chi connectivity index (χ0v) is 12.0. The lowest BCUT2D eigenvalue weighted by atomic mass is 10.1. The number of amides is 1. The van der Waals surface area contributed by atoms with Gasteiger partial charge in [-0.25, -0.2) is 0 Å². The Morgan fingerprint density at radius 3 is 3.20 bits per heavy atom. The van der Waals surface area contributed by atoms with Crippen LogP contribution < -0.4 is 5.32 Å². The van der Waals surface area contributed by atoms with E-state index in [1.807, 2.05) is 0 Å². The number of carbonyl (C=O) groups excluding carboxylic acids is 1. The van der Waals surface area contributed by atoms with Gasteiger partial charge in [0, 0.05) is 44.2 Å². The Labute approximate surface area is 119 Å². The second kappa shape index (κ2) is 5.97. The smallest absolute Gasteiger partial charge is 0.234 e. The van der Waals surface area contributed by atoms with E-state index in [1.54, 1.807) is 0 Å². The van der Waals surface area contributed by atoms with E-state index in [0.29, 0.717) is 19.1 Å². The van der Waals surface area contributed by atoms with E-state index in [9.17, 15) is 4.79 Å². The fraction of sp³-hybridized carbons (Fsp3) is 0.667. The van der Waals surface area contributed by atoms with Crippen molar-refractivity contribution in [3.63, 3.8) is 0 Å². The number of fused-ring (bicyclic) bond motifs is 1. The summed E-state index contributed by atoms with van der Waals surface area (Å²) in [5.41, 5.74) is 1.29. The first-order valence-electron chi connectivity index (χ1n) is 7.51. The highest BCUT2D eigenvalue weighted by molar-refractivity contribution is 5.78. The lowest BCUT2D eigenvalue weighted by Crippen LogP contribution is -2.44. The molecule has 5 nitrogen and oxygen atoms in total. The molecule has 1 aromatic heterocycles. The van der Waals surface area contributed by atoms with Gasteiger partial charge in [0.05, 0.1) is 12.6 Å². The van der Waals surface area contributed by atoms with Crippen LogP contribution in [0, 0.1) is 0 Å². The number of rotatable bonds is 4. The van der Waals surface area contributed by atoms with Gasteiger partial charge in [-0.1, -0.05) is 0 Å². The molecule has 0 bridgehead atoms. The first kappa shape index (κ1) is 13.6. The Morgan fingerprint density at radius 1 is 1.50 bits per heavy atom. The van der Waals surface area contributed by atoms with Gasteiger partial charge in [-0.3, -0.25) is 9.69 Å². The molecule has 3 heterocycles. The van der Waals surface area contributed by atoms with Crippen molar-refractivity contribution in [1.29, 1.82) is 0 Å². The number of hydrogen-bond acceptors (Lipinski definition) is 3. The van der Waals surface area contributed by atoms with E-state index in [4.69, 9.17) is 4.74 Å². The molecule has 0 aromatic carbocycles. The predicted octanol–water partition coefficient (Wildman–Crippen LogP) is 1.16. The van der Waals surface area contributed by atoms with Gasteiger partial charge in [0.25, 0.3) is 0 Å². The van der Waals surface area contributed by atoms with Gasteiger partial charge in [0.2, 0.25) is 5.91 Å².